The summed E-state index contributed by atoms with van der Waals surface area (Å²) in [6.07, 6.45) is -0.0711. The number of nitrogens with two attached hydrogens (primary N) is 1. The first kappa shape index (κ1) is 20.4. The van der Waals surface area contributed by atoms with Gasteiger partial charge in [0.25, 0.3) is 0 Å². The predicted molar refractivity (Wildman–Crippen MR) is 88.6 cm³/mol. The van der Waals surface area contributed by atoms with Crippen LogP contribution in [0.2, 0.25) is 0 Å². The van der Waals surface area contributed by atoms with Crippen LogP contribution in [0.1, 0.15) is 38.8 Å². The van der Waals surface area contributed by atoms with Gasteiger partial charge < -0.3 is 15.8 Å². The Bertz CT molecular complexity index is 466. The zero-order valence-electron chi connectivity index (χ0n) is 13.2. The van der Waals surface area contributed by atoms with Crippen molar-refractivity contribution in [1.29, 1.82) is 0 Å². The summed E-state index contributed by atoms with van der Waals surface area (Å²) < 4.78 is 5.16. The molecule has 0 fully saturated rings. The molecular weight excluding hydrogens is 304 g/mol. The number of benzene rings is 1. The third-order valence-electron chi connectivity index (χ3n) is 3.06. The number of ether oxygens (including phenoxy) is 1. The van der Waals surface area contributed by atoms with E-state index < -0.39 is 6.04 Å². The van der Waals surface area contributed by atoms with Gasteiger partial charge in [-0.05, 0) is 19.4 Å². The van der Waals surface area contributed by atoms with Crippen LogP contribution in [0.3, 0.4) is 0 Å². The predicted octanol–water partition coefficient (Wildman–Crippen LogP) is 2.20. The number of carbonyl (C=O) groups is 2. The molecule has 1 aromatic rings. The first-order valence-corrected chi connectivity index (χ1v) is 7.19. The van der Waals surface area contributed by atoms with Crippen LogP contribution in [0.4, 0.5) is 0 Å². The van der Waals surface area contributed by atoms with Crippen molar-refractivity contribution in [2.75, 3.05) is 6.54 Å². The highest BCUT2D eigenvalue weighted by atomic mass is 35.5. The molecule has 2 unspecified atom stereocenters. The van der Waals surface area contributed by atoms with E-state index in [0.717, 1.165) is 5.56 Å². The van der Waals surface area contributed by atoms with Gasteiger partial charge >= 0.3 is 5.97 Å². The third kappa shape index (κ3) is 6.91. The van der Waals surface area contributed by atoms with Gasteiger partial charge in [0.1, 0.15) is 0 Å². The van der Waals surface area contributed by atoms with Crippen molar-refractivity contribution in [1.82, 2.24) is 5.32 Å². The summed E-state index contributed by atoms with van der Waals surface area (Å²) in [5.41, 5.74) is 6.37. The number of amides is 1. The molecule has 0 radical (unpaired) electrons. The molecule has 124 valence electrons. The van der Waals surface area contributed by atoms with Gasteiger partial charge in [0.2, 0.25) is 5.91 Å². The number of hydrogen-bond acceptors (Lipinski definition) is 4. The summed E-state index contributed by atoms with van der Waals surface area (Å²) in [4.78, 5) is 23.9. The smallest absolute Gasteiger partial charge is 0.308 e. The van der Waals surface area contributed by atoms with Crippen molar-refractivity contribution < 1.29 is 14.3 Å². The molecule has 5 nitrogen and oxygen atoms in total. The number of nitrogens with one attached hydrogen (secondary N) is 1. The molecule has 6 heteroatoms. The molecule has 0 bridgehead atoms. The van der Waals surface area contributed by atoms with Gasteiger partial charge in [0.05, 0.1) is 18.6 Å². The summed E-state index contributed by atoms with van der Waals surface area (Å²) in [5, 5.41) is 2.87. The molecule has 22 heavy (non-hydrogen) atoms. The lowest BCUT2D eigenvalue weighted by atomic mass is 10.0. The summed E-state index contributed by atoms with van der Waals surface area (Å²) in [5.74, 6) is -0.791. The van der Waals surface area contributed by atoms with Crippen molar-refractivity contribution >= 4 is 24.3 Å². The number of rotatable bonds is 7. The summed E-state index contributed by atoms with van der Waals surface area (Å²) >= 11 is 0. The highest BCUT2D eigenvalue weighted by Crippen LogP contribution is 2.18. The Kier molecular flexibility index (Phi) is 9.45. The van der Waals surface area contributed by atoms with Crippen LogP contribution in [0.5, 0.6) is 0 Å². The minimum absolute atomic E-state index is 0. The fourth-order valence-electron chi connectivity index (χ4n) is 1.84. The van der Waals surface area contributed by atoms with E-state index in [0.29, 0.717) is 0 Å². The van der Waals surface area contributed by atoms with Crippen molar-refractivity contribution in [3.63, 3.8) is 0 Å². The van der Waals surface area contributed by atoms with E-state index in [2.05, 4.69) is 5.32 Å². The molecule has 0 spiro atoms. The van der Waals surface area contributed by atoms with Crippen molar-refractivity contribution in [2.45, 2.75) is 39.3 Å². The summed E-state index contributed by atoms with van der Waals surface area (Å²) in [7, 11) is 0. The molecule has 2 atom stereocenters. The highest BCUT2D eigenvalue weighted by Gasteiger charge is 2.21. The monoisotopic (exact) mass is 328 g/mol. The maximum absolute atomic E-state index is 12.0. The minimum atomic E-state index is -0.404. The Morgan fingerprint density at radius 2 is 1.77 bits per heavy atom. The maximum atomic E-state index is 12.0. The van der Waals surface area contributed by atoms with Crippen LogP contribution in [0.15, 0.2) is 30.3 Å². The van der Waals surface area contributed by atoms with E-state index in [4.69, 9.17) is 10.5 Å². The molecule has 0 saturated carbocycles. The van der Waals surface area contributed by atoms with E-state index in [1.165, 1.54) is 0 Å². The van der Waals surface area contributed by atoms with Gasteiger partial charge in [-0.15, -0.1) is 12.4 Å². The second-order valence-corrected chi connectivity index (χ2v) is 5.35. The lowest BCUT2D eigenvalue weighted by Crippen LogP contribution is -2.37. The van der Waals surface area contributed by atoms with Gasteiger partial charge in [-0.1, -0.05) is 37.3 Å². The quantitative estimate of drug-likeness (QED) is 0.752. The van der Waals surface area contributed by atoms with E-state index >= 15 is 0 Å². The Balaban J connectivity index is 0.00000441. The van der Waals surface area contributed by atoms with Gasteiger partial charge in [-0.2, -0.15) is 0 Å². The Morgan fingerprint density at radius 1 is 1.18 bits per heavy atom. The zero-order chi connectivity index (χ0) is 15.8. The number of carbonyl (C=O) groups excluding carboxylic acids is 2. The van der Waals surface area contributed by atoms with Gasteiger partial charge in [-0.25, -0.2) is 0 Å². The first-order chi connectivity index (χ1) is 9.93. The van der Waals surface area contributed by atoms with E-state index in [1.807, 2.05) is 30.3 Å². The molecular formula is C16H25ClN2O3. The lowest BCUT2D eigenvalue weighted by Gasteiger charge is -2.21. The third-order valence-corrected chi connectivity index (χ3v) is 3.06. The van der Waals surface area contributed by atoms with Gasteiger partial charge in [0, 0.05) is 12.5 Å². The number of halogens is 1. The van der Waals surface area contributed by atoms with Gasteiger partial charge in [0.15, 0.2) is 0 Å². The minimum Gasteiger partial charge on any atom is -0.463 e. The van der Waals surface area contributed by atoms with E-state index in [1.54, 1.807) is 20.8 Å². The zero-order valence-corrected chi connectivity index (χ0v) is 14.1. The average molecular weight is 329 g/mol. The second kappa shape index (κ2) is 10.2. The average Bonchev–Trinajstić information content (AvgIpc) is 2.45. The Labute approximate surface area is 138 Å². The van der Waals surface area contributed by atoms with E-state index in [9.17, 15) is 9.59 Å². The standard InChI is InChI=1S/C16H24N2O3.ClH/c1-11(2)21-15(19)9-14(13-7-5-4-6-8-13)18-16(20)12(3)10-17;/h4-8,11-12,14H,9-10,17H2,1-3H3,(H,18,20);1H. The largest absolute Gasteiger partial charge is 0.463 e. The molecule has 0 heterocycles. The van der Waals surface area contributed by atoms with Crippen LogP contribution in [-0.4, -0.2) is 24.5 Å². The van der Waals surface area contributed by atoms with Crippen LogP contribution in [-0.2, 0) is 14.3 Å². The molecule has 1 rings (SSSR count). The molecule has 1 aromatic carbocycles. The second-order valence-electron chi connectivity index (χ2n) is 5.35. The van der Waals surface area contributed by atoms with E-state index in [-0.39, 0.29) is 49.3 Å². The number of esters is 1. The molecule has 0 aromatic heterocycles. The summed E-state index contributed by atoms with van der Waals surface area (Å²) in [6.45, 7) is 5.61. The van der Waals surface area contributed by atoms with Crippen LogP contribution < -0.4 is 11.1 Å². The van der Waals surface area contributed by atoms with Gasteiger partial charge in [-0.3, -0.25) is 9.59 Å². The molecule has 3 N–H and O–H groups in total. The normalized spacial score (nSPS) is 13.0. The highest BCUT2D eigenvalue weighted by molar-refractivity contribution is 5.85. The fourth-order valence-corrected chi connectivity index (χ4v) is 1.84. The first-order valence-electron chi connectivity index (χ1n) is 7.19. The van der Waals surface area contributed by atoms with Crippen LogP contribution >= 0.6 is 12.4 Å². The van der Waals surface area contributed by atoms with Crippen molar-refractivity contribution in [3.8, 4) is 0 Å². The van der Waals surface area contributed by atoms with Crippen LogP contribution in [0, 0.1) is 5.92 Å². The maximum Gasteiger partial charge on any atom is 0.308 e. The number of hydrogen-bond donors (Lipinski definition) is 2. The SMILES string of the molecule is CC(C)OC(=O)CC(NC(=O)C(C)CN)c1ccccc1.Cl. The molecule has 0 aliphatic carbocycles. The fraction of sp³-hybridized carbons (Fsp3) is 0.500. The summed E-state index contributed by atoms with van der Waals surface area (Å²) in [6, 6.07) is 8.97. The lowest BCUT2D eigenvalue weighted by molar-refractivity contribution is -0.148. The Morgan fingerprint density at radius 3 is 2.27 bits per heavy atom. The molecule has 0 aliphatic heterocycles. The molecule has 1 amide bonds. The van der Waals surface area contributed by atoms with Crippen molar-refractivity contribution in [2.24, 2.45) is 11.7 Å². The van der Waals surface area contributed by atoms with Crippen molar-refractivity contribution in [3.05, 3.63) is 35.9 Å². The Hall–Kier alpha value is -1.59. The topological polar surface area (TPSA) is 81.4 Å². The van der Waals surface area contributed by atoms with Crippen LogP contribution in [0.25, 0.3) is 0 Å². The molecule has 0 aliphatic rings. The molecule has 0 saturated heterocycles.